The number of methoxy groups -OCH3 is 1. The van der Waals surface area contributed by atoms with Gasteiger partial charge in [-0.05, 0) is 37.5 Å². The third-order valence-electron chi connectivity index (χ3n) is 6.44. The highest BCUT2D eigenvalue weighted by atomic mass is 16.5. The minimum absolute atomic E-state index is 0.318. The quantitative estimate of drug-likeness (QED) is 0.839. The lowest BCUT2D eigenvalue weighted by atomic mass is 9.63. The molecule has 3 aliphatic carbocycles. The minimum Gasteiger partial charge on any atom is -0.381 e. The molecule has 0 heterocycles. The molecule has 3 aliphatic rings. The lowest BCUT2D eigenvalue weighted by Crippen LogP contribution is -2.63. The molecule has 110 valence electrons. The standard InChI is InChI=1S/C17H31NO/c1-17(2)15(11-16(17)19-3)18-14-9-8-12-6-4-5-7-13(12)10-14/h12-16,18H,4-11H2,1-3H3. The summed E-state index contributed by atoms with van der Waals surface area (Å²) in [5.41, 5.74) is 0.318. The molecule has 0 radical (unpaired) electrons. The molecule has 5 unspecified atom stereocenters. The van der Waals surface area contributed by atoms with Crippen LogP contribution in [0.15, 0.2) is 0 Å². The van der Waals surface area contributed by atoms with E-state index in [1.54, 1.807) is 0 Å². The van der Waals surface area contributed by atoms with Gasteiger partial charge in [0.15, 0.2) is 0 Å². The molecule has 0 aromatic carbocycles. The lowest BCUT2D eigenvalue weighted by molar-refractivity contribution is -0.102. The zero-order valence-corrected chi connectivity index (χ0v) is 13.0. The van der Waals surface area contributed by atoms with Crippen molar-refractivity contribution in [2.75, 3.05) is 7.11 Å². The predicted octanol–water partition coefficient (Wildman–Crippen LogP) is 3.75. The molecule has 0 aromatic heterocycles. The van der Waals surface area contributed by atoms with Gasteiger partial charge in [-0.25, -0.2) is 0 Å². The van der Waals surface area contributed by atoms with E-state index in [2.05, 4.69) is 19.2 Å². The van der Waals surface area contributed by atoms with Gasteiger partial charge in [0, 0.05) is 24.6 Å². The first-order chi connectivity index (χ1) is 9.11. The third kappa shape index (κ3) is 2.58. The number of nitrogens with one attached hydrogen (secondary N) is 1. The molecule has 0 bridgehead atoms. The maximum Gasteiger partial charge on any atom is 0.0652 e. The summed E-state index contributed by atoms with van der Waals surface area (Å²) >= 11 is 0. The van der Waals surface area contributed by atoms with Crippen LogP contribution in [0, 0.1) is 17.3 Å². The molecular weight excluding hydrogens is 234 g/mol. The van der Waals surface area contributed by atoms with Gasteiger partial charge in [0.25, 0.3) is 0 Å². The Morgan fingerprint density at radius 2 is 1.68 bits per heavy atom. The zero-order chi connectivity index (χ0) is 13.5. The SMILES string of the molecule is COC1CC(NC2CCC3CCCCC3C2)C1(C)C. The second kappa shape index (κ2) is 5.37. The smallest absolute Gasteiger partial charge is 0.0652 e. The van der Waals surface area contributed by atoms with Crippen LogP contribution in [0.4, 0.5) is 0 Å². The van der Waals surface area contributed by atoms with Crippen molar-refractivity contribution in [3.05, 3.63) is 0 Å². The van der Waals surface area contributed by atoms with Crippen molar-refractivity contribution in [1.29, 1.82) is 0 Å². The van der Waals surface area contributed by atoms with Crippen LogP contribution in [0.2, 0.25) is 0 Å². The molecule has 0 saturated heterocycles. The van der Waals surface area contributed by atoms with E-state index in [1.807, 2.05) is 7.11 Å². The van der Waals surface area contributed by atoms with Gasteiger partial charge in [-0.15, -0.1) is 0 Å². The van der Waals surface area contributed by atoms with E-state index >= 15 is 0 Å². The molecule has 0 amide bonds. The summed E-state index contributed by atoms with van der Waals surface area (Å²) < 4.78 is 5.57. The Balaban J connectivity index is 1.51. The minimum atomic E-state index is 0.318. The molecule has 0 spiro atoms. The average Bonchev–Trinajstić information content (AvgIpc) is 2.42. The van der Waals surface area contributed by atoms with Crippen LogP contribution in [0.3, 0.4) is 0 Å². The van der Waals surface area contributed by atoms with Crippen molar-refractivity contribution in [3.63, 3.8) is 0 Å². The molecule has 3 fully saturated rings. The molecule has 19 heavy (non-hydrogen) atoms. The van der Waals surface area contributed by atoms with Crippen LogP contribution < -0.4 is 5.32 Å². The van der Waals surface area contributed by atoms with Crippen LogP contribution in [-0.4, -0.2) is 25.3 Å². The van der Waals surface area contributed by atoms with Gasteiger partial charge in [-0.3, -0.25) is 0 Å². The largest absolute Gasteiger partial charge is 0.381 e. The van der Waals surface area contributed by atoms with E-state index in [9.17, 15) is 0 Å². The Hall–Kier alpha value is -0.0800. The summed E-state index contributed by atoms with van der Waals surface area (Å²) in [7, 11) is 1.86. The topological polar surface area (TPSA) is 21.3 Å². The van der Waals surface area contributed by atoms with E-state index in [-0.39, 0.29) is 0 Å². The van der Waals surface area contributed by atoms with Crippen LogP contribution >= 0.6 is 0 Å². The number of hydrogen-bond acceptors (Lipinski definition) is 2. The normalized spacial score (nSPS) is 45.3. The highest BCUT2D eigenvalue weighted by Gasteiger charge is 2.49. The van der Waals surface area contributed by atoms with Crippen LogP contribution in [0.25, 0.3) is 0 Å². The van der Waals surface area contributed by atoms with Gasteiger partial charge in [0.2, 0.25) is 0 Å². The fourth-order valence-electron chi connectivity index (χ4n) is 4.88. The van der Waals surface area contributed by atoms with E-state index in [1.165, 1.54) is 51.4 Å². The number of fused-ring (bicyclic) bond motifs is 1. The van der Waals surface area contributed by atoms with Gasteiger partial charge in [0.05, 0.1) is 6.10 Å². The van der Waals surface area contributed by atoms with Gasteiger partial charge < -0.3 is 10.1 Å². The Labute approximate surface area is 118 Å². The summed E-state index contributed by atoms with van der Waals surface area (Å²) in [4.78, 5) is 0. The van der Waals surface area contributed by atoms with Gasteiger partial charge >= 0.3 is 0 Å². The molecule has 2 nitrogen and oxygen atoms in total. The summed E-state index contributed by atoms with van der Waals surface area (Å²) in [6.45, 7) is 4.71. The number of ether oxygens (including phenoxy) is 1. The Morgan fingerprint density at radius 3 is 2.37 bits per heavy atom. The maximum atomic E-state index is 5.57. The van der Waals surface area contributed by atoms with Crippen LogP contribution in [-0.2, 0) is 4.74 Å². The van der Waals surface area contributed by atoms with Crippen molar-refractivity contribution in [2.24, 2.45) is 17.3 Å². The van der Waals surface area contributed by atoms with Gasteiger partial charge in [0.1, 0.15) is 0 Å². The lowest BCUT2D eigenvalue weighted by Gasteiger charge is -2.53. The second-order valence-electron chi connectivity index (χ2n) is 7.82. The van der Waals surface area contributed by atoms with E-state index in [0.29, 0.717) is 17.6 Å². The van der Waals surface area contributed by atoms with Crippen LogP contribution in [0.1, 0.15) is 65.2 Å². The highest BCUT2D eigenvalue weighted by Crippen LogP contribution is 2.45. The van der Waals surface area contributed by atoms with E-state index in [0.717, 1.165) is 17.9 Å². The summed E-state index contributed by atoms with van der Waals surface area (Å²) in [5, 5.41) is 3.96. The predicted molar refractivity (Wildman–Crippen MR) is 79.2 cm³/mol. The fourth-order valence-corrected chi connectivity index (χ4v) is 4.88. The first kappa shape index (κ1) is 13.9. The molecule has 0 aromatic rings. The van der Waals surface area contributed by atoms with E-state index < -0.39 is 0 Å². The summed E-state index contributed by atoms with van der Waals surface area (Å²) in [6.07, 6.45) is 12.0. The first-order valence-corrected chi connectivity index (χ1v) is 8.40. The molecular formula is C17H31NO. The van der Waals surface area contributed by atoms with Gasteiger partial charge in [-0.2, -0.15) is 0 Å². The molecule has 0 aliphatic heterocycles. The summed E-state index contributed by atoms with van der Waals surface area (Å²) in [5.74, 6) is 2.09. The molecule has 3 rings (SSSR count). The number of hydrogen-bond donors (Lipinski definition) is 1. The molecule has 1 N–H and O–H groups in total. The molecule has 5 atom stereocenters. The van der Waals surface area contributed by atoms with E-state index in [4.69, 9.17) is 4.74 Å². The Kier molecular flexibility index (Phi) is 3.92. The van der Waals surface area contributed by atoms with Gasteiger partial charge in [-0.1, -0.05) is 39.5 Å². The third-order valence-corrected chi connectivity index (χ3v) is 6.44. The molecule has 3 saturated carbocycles. The van der Waals surface area contributed by atoms with Crippen molar-refractivity contribution in [3.8, 4) is 0 Å². The monoisotopic (exact) mass is 265 g/mol. The zero-order valence-electron chi connectivity index (χ0n) is 13.0. The number of rotatable bonds is 3. The first-order valence-electron chi connectivity index (χ1n) is 8.40. The maximum absolute atomic E-state index is 5.57. The van der Waals surface area contributed by atoms with Crippen molar-refractivity contribution >= 4 is 0 Å². The summed E-state index contributed by atoms with van der Waals surface area (Å²) in [6, 6.07) is 1.45. The van der Waals surface area contributed by atoms with Crippen molar-refractivity contribution < 1.29 is 4.74 Å². The Bertz CT molecular complexity index is 314. The van der Waals surface area contributed by atoms with Crippen molar-refractivity contribution in [1.82, 2.24) is 5.32 Å². The average molecular weight is 265 g/mol. The van der Waals surface area contributed by atoms with Crippen LogP contribution in [0.5, 0.6) is 0 Å². The highest BCUT2D eigenvalue weighted by molar-refractivity contribution is 5.04. The van der Waals surface area contributed by atoms with Crippen molar-refractivity contribution in [2.45, 2.75) is 83.4 Å². The Morgan fingerprint density at radius 1 is 0.947 bits per heavy atom. The molecule has 2 heteroatoms. The second-order valence-corrected chi connectivity index (χ2v) is 7.82. The fraction of sp³-hybridized carbons (Fsp3) is 1.00.